The fourth-order valence-corrected chi connectivity index (χ4v) is 1.20. The van der Waals surface area contributed by atoms with Crippen LogP contribution in [-0.2, 0) is 14.3 Å². The Balaban J connectivity index is 3.65. The average molecular weight is 180 g/mol. The van der Waals surface area contributed by atoms with Crippen molar-refractivity contribution in [2.75, 3.05) is 19.0 Å². The summed E-state index contributed by atoms with van der Waals surface area (Å²) in [5.41, 5.74) is 0. The molecule has 0 aliphatic carbocycles. The van der Waals surface area contributed by atoms with E-state index in [9.17, 15) is 8.42 Å². The van der Waals surface area contributed by atoms with E-state index in [1.165, 1.54) is 6.08 Å². The van der Waals surface area contributed by atoms with Gasteiger partial charge in [-0.05, 0) is 6.42 Å². The van der Waals surface area contributed by atoms with Crippen molar-refractivity contribution >= 4 is 10.1 Å². The molecule has 4 nitrogen and oxygen atoms in total. The highest BCUT2D eigenvalue weighted by molar-refractivity contribution is 7.86. The lowest BCUT2D eigenvalue weighted by atomic mass is 10.5. The molecule has 0 fully saturated rings. The third kappa shape index (κ3) is 6.03. The zero-order chi connectivity index (χ0) is 8.74. The van der Waals surface area contributed by atoms with Gasteiger partial charge in [0.1, 0.15) is 0 Å². The van der Waals surface area contributed by atoms with Crippen LogP contribution in [0.5, 0.6) is 0 Å². The van der Waals surface area contributed by atoms with E-state index in [0.717, 1.165) is 0 Å². The second-order valence-electron chi connectivity index (χ2n) is 1.91. The molecule has 66 valence electrons. The van der Waals surface area contributed by atoms with Crippen LogP contribution in [0, 0.1) is 0 Å². The van der Waals surface area contributed by atoms with Crippen molar-refractivity contribution in [1.29, 1.82) is 0 Å². The van der Waals surface area contributed by atoms with Crippen LogP contribution in [0.15, 0.2) is 12.7 Å². The van der Waals surface area contributed by atoms with Gasteiger partial charge in [-0.2, -0.15) is 8.42 Å². The highest BCUT2D eigenvalue weighted by Gasteiger charge is 2.06. The number of aliphatic hydroxyl groups excluding tert-OH is 1. The molecule has 0 amide bonds. The molecule has 0 saturated carbocycles. The molecule has 0 heterocycles. The van der Waals surface area contributed by atoms with E-state index >= 15 is 0 Å². The summed E-state index contributed by atoms with van der Waals surface area (Å²) >= 11 is 0. The monoisotopic (exact) mass is 180 g/mol. The summed E-state index contributed by atoms with van der Waals surface area (Å²) in [4.78, 5) is 0. The molecule has 0 bridgehead atoms. The number of rotatable bonds is 6. The third-order valence-electron chi connectivity index (χ3n) is 0.887. The van der Waals surface area contributed by atoms with E-state index in [1.54, 1.807) is 0 Å². The lowest BCUT2D eigenvalue weighted by molar-refractivity contribution is 0.237. The molecule has 0 aromatic rings. The molecule has 0 spiro atoms. The van der Waals surface area contributed by atoms with Gasteiger partial charge in [-0.15, -0.1) is 6.58 Å². The van der Waals surface area contributed by atoms with Crippen LogP contribution in [0.1, 0.15) is 6.42 Å². The van der Waals surface area contributed by atoms with Crippen LogP contribution in [0.3, 0.4) is 0 Å². The molecule has 1 N–H and O–H groups in total. The Morgan fingerprint density at radius 3 is 2.64 bits per heavy atom. The fraction of sp³-hybridized carbons (Fsp3) is 0.667. The first-order valence-corrected chi connectivity index (χ1v) is 4.79. The van der Waals surface area contributed by atoms with Gasteiger partial charge in [-0.1, -0.05) is 6.08 Å². The van der Waals surface area contributed by atoms with Gasteiger partial charge in [0.05, 0.1) is 12.4 Å². The molecule has 0 unspecified atom stereocenters. The maximum atomic E-state index is 10.7. The highest BCUT2D eigenvalue weighted by Crippen LogP contribution is 1.94. The lowest BCUT2D eigenvalue weighted by Gasteiger charge is -2.00. The minimum atomic E-state index is -3.43. The molecule has 0 aromatic heterocycles. The Labute approximate surface area is 66.6 Å². The SMILES string of the molecule is C=CCS(=O)(=O)OCCCO. The summed E-state index contributed by atoms with van der Waals surface area (Å²) in [5, 5.41) is 8.30. The van der Waals surface area contributed by atoms with E-state index < -0.39 is 10.1 Å². The van der Waals surface area contributed by atoms with Gasteiger partial charge < -0.3 is 5.11 Å². The smallest absolute Gasteiger partial charge is 0.270 e. The van der Waals surface area contributed by atoms with Gasteiger partial charge in [0.25, 0.3) is 10.1 Å². The second-order valence-corrected chi connectivity index (χ2v) is 3.60. The van der Waals surface area contributed by atoms with Gasteiger partial charge >= 0.3 is 0 Å². The fourth-order valence-electron chi connectivity index (χ4n) is 0.443. The normalized spacial score (nSPS) is 11.4. The molecule has 0 atom stereocenters. The Morgan fingerprint density at radius 1 is 1.55 bits per heavy atom. The van der Waals surface area contributed by atoms with Crippen LogP contribution in [0.2, 0.25) is 0 Å². The number of aliphatic hydroxyl groups is 1. The van der Waals surface area contributed by atoms with Crippen molar-refractivity contribution < 1.29 is 17.7 Å². The van der Waals surface area contributed by atoms with Crippen molar-refractivity contribution in [2.24, 2.45) is 0 Å². The molecular weight excluding hydrogens is 168 g/mol. The van der Waals surface area contributed by atoms with Gasteiger partial charge in [0.2, 0.25) is 0 Å². The summed E-state index contributed by atoms with van der Waals surface area (Å²) < 4.78 is 25.9. The van der Waals surface area contributed by atoms with E-state index in [0.29, 0.717) is 6.42 Å². The summed E-state index contributed by atoms with van der Waals surface area (Å²) in [6, 6.07) is 0. The van der Waals surface area contributed by atoms with E-state index in [2.05, 4.69) is 10.8 Å². The molecular formula is C6H12O4S. The zero-order valence-corrected chi connectivity index (χ0v) is 7.01. The summed E-state index contributed by atoms with van der Waals surface area (Å²) in [7, 11) is -3.43. The minimum Gasteiger partial charge on any atom is -0.396 e. The van der Waals surface area contributed by atoms with E-state index in [1.807, 2.05) is 0 Å². The number of hydrogen-bond donors (Lipinski definition) is 1. The zero-order valence-electron chi connectivity index (χ0n) is 6.19. The van der Waals surface area contributed by atoms with Crippen LogP contribution in [0.25, 0.3) is 0 Å². The topological polar surface area (TPSA) is 63.6 Å². The largest absolute Gasteiger partial charge is 0.396 e. The highest BCUT2D eigenvalue weighted by atomic mass is 32.2. The molecule has 0 aliphatic heterocycles. The molecule has 0 radical (unpaired) electrons. The summed E-state index contributed by atoms with van der Waals surface area (Å²) in [6.07, 6.45) is 1.59. The molecule has 0 rings (SSSR count). The van der Waals surface area contributed by atoms with Crippen molar-refractivity contribution in [3.05, 3.63) is 12.7 Å². The van der Waals surface area contributed by atoms with Crippen molar-refractivity contribution in [3.8, 4) is 0 Å². The molecule has 5 heteroatoms. The molecule has 0 saturated heterocycles. The Kier molecular flexibility index (Phi) is 5.10. The first-order valence-electron chi connectivity index (χ1n) is 3.21. The van der Waals surface area contributed by atoms with Gasteiger partial charge in [0, 0.05) is 6.61 Å². The quantitative estimate of drug-likeness (QED) is 0.352. The van der Waals surface area contributed by atoms with E-state index in [-0.39, 0.29) is 19.0 Å². The molecule has 0 aromatic carbocycles. The van der Waals surface area contributed by atoms with Crippen LogP contribution in [-0.4, -0.2) is 32.5 Å². The van der Waals surface area contributed by atoms with Gasteiger partial charge in [0.15, 0.2) is 0 Å². The first kappa shape index (κ1) is 10.6. The lowest BCUT2D eigenvalue weighted by Crippen LogP contribution is -2.10. The predicted octanol–water partition coefficient (Wildman–Crippen LogP) is -0.0988. The molecule has 0 aliphatic rings. The van der Waals surface area contributed by atoms with Crippen molar-refractivity contribution in [3.63, 3.8) is 0 Å². The maximum Gasteiger partial charge on any atom is 0.270 e. The van der Waals surface area contributed by atoms with Gasteiger partial charge in [-0.3, -0.25) is 4.18 Å². The Morgan fingerprint density at radius 2 is 2.18 bits per heavy atom. The van der Waals surface area contributed by atoms with Gasteiger partial charge in [-0.25, -0.2) is 0 Å². The second kappa shape index (κ2) is 5.29. The summed E-state index contributed by atoms with van der Waals surface area (Å²) in [6.45, 7) is 3.23. The minimum absolute atomic E-state index is 0.0344. The van der Waals surface area contributed by atoms with E-state index in [4.69, 9.17) is 5.11 Å². The van der Waals surface area contributed by atoms with Crippen molar-refractivity contribution in [2.45, 2.75) is 6.42 Å². The number of hydrogen-bond acceptors (Lipinski definition) is 4. The standard InChI is InChI=1S/C6H12O4S/c1-2-6-11(8,9)10-5-3-4-7/h2,7H,1,3-6H2. The van der Waals surface area contributed by atoms with Crippen LogP contribution >= 0.6 is 0 Å². The maximum absolute atomic E-state index is 10.7. The first-order chi connectivity index (χ1) is 5.12. The van der Waals surface area contributed by atoms with Crippen LogP contribution < -0.4 is 0 Å². The van der Waals surface area contributed by atoms with Crippen LogP contribution in [0.4, 0.5) is 0 Å². The summed E-state index contributed by atoms with van der Waals surface area (Å²) in [5.74, 6) is -0.182. The average Bonchev–Trinajstić information content (AvgIpc) is 1.87. The van der Waals surface area contributed by atoms with Crippen molar-refractivity contribution in [1.82, 2.24) is 0 Å². The third-order valence-corrected chi connectivity index (χ3v) is 2.06. The predicted molar refractivity (Wildman–Crippen MR) is 41.6 cm³/mol. The Hall–Kier alpha value is -0.390. The Bertz CT molecular complexity index is 195. The molecule has 11 heavy (non-hydrogen) atoms.